The van der Waals surface area contributed by atoms with Crippen molar-refractivity contribution in [1.29, 1.82) is 0 Å². The van der Waals surface area contributed by atoms with Gasteiger partial charge in [0.15, 0.2) is 11.5 Å². The smallest absolute Gasteiger partial charge is 0.152 e. The number of benzene rings is 5. The molecule has 268 valence electrons. The molecule has 0 saturated carbocycles. The van der Waals surface area contributed by atoms with Crippen molar-refractivity contribution in [3.8, 4) is 45.3 Å². The molecule has 0 saturated heterocycles. The largest absolute Gasteiger partial charge is 0.493 e. The maximum Gasteiger partial charge on any atom is 0.152 e. The Hall–Kier alpha value is -5.70. The zero-order valence-electron chi connectivity index (χ0n) is 30.6. The Morgan fingerprint density at radius 3 is 1.41 bits per heavy atom. The summed E-state index contributed by atoms with van der Waals surface area (Å²) in [6.45, 7) is 10.6. The van der Waals surface area contributed by atoms with E-state index >= 15 is 0 Å². The van der Waals surface area contributed by atoms with Gasteiger partial charge in [-0.1, -0.05) is 108 Å². The number of hydrogen-bond acceptors (Lipinski definition) is 4. The first-order valence-electron chi connectivity index (χ1n) is 18.8. The van der Waals surface area contributed by atoms with Gasteiger partial charge in [-0.05, 0) is 95.5 Å². The van der Waals surface area contributed by atoms with Gasteiger partial charge < -0.3 is 19.1 Å². The van der Waals surface area contributed by atoms with Crippen LogP contribution in [0.5, 0.6) is 23.0 Å². The molecule has 2 atom stereocenters. The molecule has 1 heterocycles. The van der Waals surface area contributed by atoms with Crippen LogP contribution in [0.4, 0.5) is 17.1 Å². The van der Waals surface area contributed by atoms with Crippen LogP contribution in [0.1, 0.15) is 79.1 Å². The average molecular weight is 914 g/mol. The van der Waals surface area contributed by atoms with Crippen molar-refractivity contribution >= 4 is 17.1 Å². The molecule has 0 radical (unpaired) electrons. The van der Waals surface area contributed by atoms with Gasteiger partial charge in [0.25, 0.3) is 0 Å². The maximum absolute atomic E-state index is 6.72. The van der Waals surface area contributed by atoms with Gasteiger partial charge in [-0.2, -0.15) is 18.2 Å². The molecule has 1 aliphatic rings. The molecule has 0 spiro atoms. The van der Waals surface area contributed by atoms with Gasteiger partial charge in [0.05, 0.1) is 24.6 Å². The monoisotopic (exact) mass is 909 g/mol. The fraction of sp³-hybridized carbons (Fsp3) is 0.348. The van der Waals surface area contributed by atoms with Crippen molar-refractivity contribution in [2.75, 3.05) is 18.1 Å². The summed E-state index contributed by atoms with van der Waals surface area (Å²) < 4.78 is 19.1. The summed E-state index contributed by atoms with van der Waals surface area (Å²) in [6.07, 6.45) is 9.72. The molecule has 0 bridgehead atoms. The van der Waals surface area contributed by atoms with Crippen molar-refractivity contribution < 1.29 is 14.2 Å². The Morgan fingerprint density at radius 1 is 0.569 bits per heavy atom. The minimum atomic E-state index is 0. The van der Waals surface area contributed by atoms with Crippen LogP contribution in [-0.2, 0) is 0 Å². The van der Waals surface area contributed by atoms with Crippen molar-refractivity contribution in [2.45, 2.75) is 79.1 Å². The van der Waals surface area contributed by atoms with Crippen LogP contribution in [0.3, 0.4) is 0 Å². The Balaban J connectivity index is 0.00000504. The quantitative estimate of drug-likeness (QED) is 0.0853. The summed E-state index contributed by atoms with van der Waals surface area (Å²) in [5.41, 5.74) is 7.52. The fourth-order valence-corrected chi connectivity index (χ4v) is 6.69. The van der Waals surface area contributed by atoms with Crippen molar-refractivity contribution in [3.05, 3.63) is 115 Å². The molecule has 5 heteroatoms. The van der Waals surface area contributed by atoms with E-state index < -0.39 is 0 Å². The van der Waals surface area contributed by atoms with E-state index in [0.717, 1.165) is 88.4 Å². The van der Waals surface area contributed by atoms with Gasteiger partial charge in [0.1, 0.15) is 11.5 Å². The van der Waals surface area contributed by atoms with Crippen LogP contribution < -0.4 is 19.1 Å². The Morgan fingerprint density at radius 2 is 1.00 bits per heavy atom. The van der Waals surface area contributed by atoms with E-state index in [4.69, 9.17) is 14.2 Å². The number of unbranched alkanes of at least 4 members (excludes halogenated alkanes) is 2. The molecular weight excluding hydrogens is 862 g/mol. The minimum absolute atomic E-state index is 0. The van der Waals surface area contributed by atoms with E-state index in [-0.39, 0.29) is 0 Å². The van der Waals surface area contributed by atoms with Crippen molar-refractivity contribution in [3.63, 3.8) is 0 Å². The van der Waals surface area contributed by atoms with E-state index in [0.29, 0.717) is 11.8 Å². The third-order valence-corrected chi connectivity index (χ3v) is 10.0. The molecule has 1 aliphatic heterocycles. The topological polar surface area (TPSA) is 30.9 Å². The molecule has 51 heavy (non-hydrogen) atoms. The fourth-order valence-electron chi connectivity index (χ4n) is 6.69. The Kier molecular flexibility index (Phi) is 12.8. The molecule has 4 nitrogen and oxygen atoms in total. The second-order valence-electron chi connectivity index (χ2n) is 13.6. The predicted molar refractivity (Wildman–Crippen MR) is 209 cm³/mol. The van der Waals surface area contributed by atoms with Gasteiger partial charge in [-0.25, -0.2) is 0 Å². The zero-order chi connectivity index (χ0) is 34.7. The standard InChI is InChI=1S/C46H52NO3.Cm/c1-5-9-14-34(7-3)32-48-41-24-18-36(19-25-41)38-22-28-43-45(30-38)50-46-31-39(23-29-44(46)47(43)40-16-12-11-13-17-40)37-20-26-42(27-21-37)49-33-35(8-4)15-10-6-2;/h12-13,16-31,34-35H,5-10,14-15,32-33H2,1-4H3;/q-1;. The first kappa shape index (κ1) is 36.6. The van der Waals surface area contributed by atoms with Gasteiger partial charge in [0, 0.05) is 0 Å². The summed E-state index contributed by atoms with van der Waals surface area (Å²) in [4.78, 5) is 2.27. The van der Waals surface area contributed by atoms with Crippen LogP contribution in [-0.4, -0.2) is 13.2 Å². The van der Waals surface area contributed by atoms with Crippen LogP contribution in [0.25, 0.3) is 22.3 Å². The Labute approximate surface area is 300 Å². The van der Waals surface area contributed by atoms with E-state index in [1.807, 2.05) is 12.1 Å². The summed E-state index contributed by atoms with van der Waals surface area (Å²) in [6, 6.07) is 41.1. The number of rotatable bonds is 17. The van der Waals surface area contributed by atoms with Crippen LogP contribution in [0, 0.1) is 17.9 Å². The molecular formula is C46H52CmNO3-. The van der Waals surface area contributed by atoms with Crippen molar-refractivity contribution in [2.24, 2.45) is 11.8 Å². The second-order valence-corrected chi connectivity index (χ2v) is 13.6. The third kappa shape index (κ3) is 8.91. The second kappa shape index (κ2) is 17.8. The summed E-state index contributed by atoms with van der Waals surface area (Å²) in [5.74, 6) is 4.69. The molecule has 0 fully saturated rings. The summed E-state index contributed by atoms with van der Waals surface area (Å²) >= 11 is 0. The summed E-state index contributed by atoms with van der Waals surface area (Å²) in [5, 5.41) is 0. The van der Waals surface area contributed by atoms with Gasteiger partial charge in [-0.15, -0.1) is 12.1 Å². The predicted octanol–water partition coefficient (Wildman–Crippen LogP) is 13.6. The van der Waals surface area contributed by atoms with Crippen LogP contribution in [0.15, 0.2) is 109 Å². The van der Waals surface area contributed by atoms with Crippen molar-refractivity contribution in [1.82, 2.24) is 0 Å². The first-order valence-corrected chi connectivity index (χ1v) is 18.8. The average Bonchev–Trinajstić information content (AvgIpc) is 3.17. The SMILES string of the molecule is CCCCC(CC)COc1ccc(-c2ccc3c(c2)Oc2cc(-c4ccc(OCC(CC)CCCC)cc4)ccc2N3c2cc[c-]cc2)cc1.[Cm]. The molecule has 5 aromatic carbocycles. The normalized spacial score (nSPS) is 12.9. The van der Waals surface area contributed by atoms with E-state index in [1.165, 1.54) is 38.5 Å². The number of ether oxygens (including phenoxy) is 3. The van der Waals surface area contributed by atoms with E-state index in [1.54, 1.807) is 0 Å². The zero-order valence-corrected chi connectivity index (χ0v) is 33.6. The molecule has 2 unspecified atom stereocenters. The van der Waals surface area contributed by atoms with Crippen LogP contribution >= 0.6 is 0 Å². The summed E-state index contributed by atoms with van der Waals surface area (Å²) in [7, 11) is 0. The maximum atomic E-state index is 6.72. The Bertz CT molecular complexity index is 1680. The number of anilines is 3. The molecule has 6 rings (SSSR count). The first-order chi connectivity index (χ1) is 24.6. The third-order valence-electron chi connectivity index (χ3n) is 10.0. The number of nitrogens with zero attached hydrogens (tertiary/aromatic N) is 1. The van der Waals surface area contributed by atoms with Gasteiger partial charge >= 0.3 is 0 Å². The molecule has 5 aromatic rings. The van der Waals surface area contributed by atoms with Gasteiger partial charge in [0.2, 0.25) is 0 Å². The van der Waals surface area contributed by atoms with E-state index in [2.05, 4.69) is 136 Å². The molecule has 0 aromatic heterocycles. The van der Waals surface area contributed by atoms with Crippen LogP contribution in [0.2, 0.25) is 0 Å². The van der Waals surface area contributed by atoms with Gasteiger partial charge in [-0.3, -0.25) is 0 Å². The molecule has 0 aliphatic carbocycles. The minimum Gasteiger partial charge on any atom is -0.493 e. The molecule has 0 amide bonds. The molecule has 0 N–H and O–H groups in total. The van der Waals surface area contributed by atoms with E-state index in [9.17, 15) is 0 Å². The number of fused-ring (bicyclic) bond motifs is 2. The number of hydrogen-bond donors (Lipinski definition) is 0.